The van der Waals surface area contributed by atoms with Gasteiger partial charge in [0.1, 0.15) is 0 Å². The number of benzene rings is 8. The lowest BCUT2D eigenvalue weighted by Gasteiger charge is -2.14. The predicted molar refractivity (Wildman–Crippen MR) is 222 cm³/mol. The fraction of sp³-hybridized carbons (Fsp3) is 0. The molecular formula is C49H31N5. The van der Waals surface area contributed by atoms with Gasteiger partial charge in [-0.3, -0.25) is 0 Å². The molecule has 0 atom stereocenters. The number of nitrogens with zero attached hydrogens (tertiary/aromatic N) is 5. The topological polar surface area (TPSA) is 48.5 Å². The number of fused-ring (bicyclic) bond motifs is 8. The van der Waals surface area contributed by atoms with Crippen molar-refractivity contribution in [3.8, 4) is 45.5 Å². The second-order valence-electron chi connectivity index (χ2n) is 13.6. The van der Waals surface area contributed by atoms with Crippen molar-refractivity contribution in [2.45, 2.75) is 0 Å². The molecule has 11 rings (SSSR count). The van der Waals surface area contributed by atoms with Crippen LogP contribution in [0, 0.1) is 0 Å². The van der Waals surface area contributed by atoms with Gasteiger partial charge in [0, 0.05) is 49.3 Å². The molecule has 0 aliphatic heterocycles. The first-order valence-corrected chi connectivity index (χ1v) is 18.2. The van der Waals surface area contributed by atoms with Gasteiger partial charge in [-0.1, -0.05) is 146 Å². The van der Waals surface area contributed by atoms with Gasteiger partial charge in [0.25, 0.3) is 0 Å². The van der Waals surface area contributed by atoms with Crippen molar-refractivity contribution in [2.24, 2.45) is 0 Å². The lowest BCUT2D eigenvalue weighted by Crippen LogP contribution is -2.01. The van der Waals surface area contributed by atoms with Crippen molar-refractivity contribution in [3.05, 3.63) is 188 Å². The van der Waals surface area contributed by atoms with E-state index in [9.17, 15) is 0 Å². The highest BCUT2D eigenvalue weighted by Crippen LogP contribution is 2.42. The first-order valence-electron chi connectivity index (χ1n) is 18.2. The third kappa shape index (κ3) is 4.69. The van der Waals surface area contributed by atoms with E-state index in [0.717, 1.165) is 33.6 Å². The average molecular weight is 690 g/mol. The summed E-state index contributed by atoms with van der Waals surface area (Å²) in [5, 5.41) is 7.31. The maximum absolute atomic E-state index is 4.99. The Kier molecular flexibility index (Phi) is 6.79. The Balaban J connectivity index is 1.16. The summed E-state index contributed by atoms with van der Waals surface area (Å²) in [6.07, 6.45) is 0. The van der Waals surface area contributed by atoms with Gasteiger partial charge in [0.2, 0.25) is 0 Å². The second kappa shape index (κ2) is 12.1. The van der Waals surface area contributed by atoms with E-state index in [1.54, 1.807) is 0 Å². The predicted octanol–water partition coefficient (Wildman–Crippen LogP) is 12.2. The maximum Gasteiger partial charge on any atom is 0.164 e. The molecule has 0 spiro atoms. The van der Waals surface area contributed by atoms with Crippen LogP contribution in [0.15, 0.2) is 188 Å². The summed E-state index contributed by atoms with van der Waals surface area (Å²) in [6, 6.07) is 66.2. The molecule has 0 aliphatic rings. The van der Waals surface area contributed by atoms with Crippen LogP contribution in [0.3, 0.4) is 0 Å². The van der Waals surface area contributed by atoms with Crippen molar-refractivity contribution in [2.75, 3.05) is 0 Å². The van der Waals surface area contributed by atoms with Crippen LogP contribution in [0.5, 0.6) is 0 Å². The SMILES string of the molecule is c1ccc(-c2nc(-c3ccccc3)nc(-c3ccc(-n4c5ccccc5c5ccc6c7ccccc7n(-c7cccc8ccccc78)c6c54)cc3)n2)cc1. The molecule has 3 aromatic heterocycles. The third-order valence-electron chi connectivity index (χ3n) is 10.6. The van der Waals surface area contributed by atoms with Crippen molar-refractivity contribution in [1.29, 1.82) is 0 Å². The Morgan fingerprint density at radius 1 is 0.296 bits per heavy atom. The minimum Gasteiger partial charge on any atom is -0.307 e. The molecule has 54 heavy (non-hydrogen) atoms. The molecule has 0 bridgehead atoms. The zero-order valence-electron chi connectivity index (χ0n) is 29.1. The smallest absolute Gasteiger partial charge is 0.164 e. The molecule has 0 saturated carbocycles. The molecule has 5 nitrogen and oxygen atoms in total. The van der Waals surface area contributed by atoms with Crippen LogP contribution >= 0.6 is 0 Å². The third-order valence-corrected chi connectivity index (χ3v) is 10.6. The van der Waals surface area contributed by atoms with E-state index >= 15 is 0 Å². The molecule has 0 amide bonds. The summed E-state index contributed by atoms with van der Waals surface area (Å²) in [5.41, 5.74) is 9.74. The van der Waals surface area contributed by atoms with E-state index in [1.807, 2.05) is 60.7 Å². The Labute approximate surface area is 311 Å². The van der Waals surface area contributed by atoms with E-state index in [2.05, 4.69) is 137 Å². The summed E-state index contributed by atoms with van der Waals surface area (Å²) >= 11 is 0. The minimum absolute atomic E-state index is 0.634. The van der Waals surface area contributed by atoms with Gasteiger partial charge < -0.3 is 9.13 Å². The van der Waals surface area contributed by atoms with Gasteiger partial charge in [-0.15, -0.1) is 0 Å². The number of rotatable bonds is 5. The van der Waals surface area contributed by atoms with E-state index < -0.39 is 0 Å². The molecule has 0 aliphatic carbocycles. The number of hydrogen-bond donors (Lipinski definition) is 0. The molecular weight excluding hydrogens is 659 g/mol. The largest absolute Gasteiger partial charge is 0.307 e. The van der Waals surface area contributed by atoms with Crippen LogP contribution < -0.4 is 0 Å². The van der Waals surface area contributed by atoms with Crippen LogP contribution in [0.25, 0.3) is 99.9 Å². The highest BCUT2D eigenvalue weighted by atomic mass is 15.1. The molecule has 0 fully saturated rings. The number of hydrogen-bond acceptors (Lipinski definition) is 3. The molecule has 11 aromatic rings. The fourth-order valence-electron chi connectivity index (χ4n) is 8.12. The Morgan fingerprint density at radius 3 is 1.33 bits per heavy atom. The van der Waals surface area contributed by atoms with E-state index in [0.29, 0.717) is 17.5 Å². The van der Waals surface area contributed by atoms with Gasteiger partial charge in [-0.05, 0) is 47.9 Å². The van der Waals surface area contributed by atoms with Gasteiger partial charge >= 0.3 is 0 Å². The zero-order chi connectivity index (χ0) is 35.6. The number of aromatic nitrogens is 5. The van der Waals surface area contributed by atoms with Crippen molar-refractivity contribution in [3.63, 3.8) is 0 Å². The summed E-state index contributed by atoms with van der Waals surface area (Å²) in [4.78, 5) is 14.9. The van der Waals surface area contributed by atoms with Gasteiger partial charge in [-0.2, -0.15) is 0 Å². The summed E-state index contributed by atoms with van der Waals surface area (Å²) < 4.78 is 4.90. The molecule has 3 heterocycles. The standard InChI is InChI=1S/C49H31N5/c1-3-15-33(16-4-1)47-50-48(34-17-5-2-6-18-34)52-49(51-47)35-26-28-36(29-27-35)53-43-23-11-9-21-38(43)40-30-31-41-39-22-10-12-24-44(39)54(46(41)45(40)53)42-25-13-19-32-14-7-8-20-37(32)42/h1-31H. The Morgan fingerprint density at radius 2 is 0.741 bits per heavy atom. The lowest BCUT2D eigenvalue weighted by atomic mass is 10.1. The quantitative estimate of drug-likeness (QED) is 0.181. The van der Waals surface area contributed by atoms with Crippen LogP contribution in [-0.2, 0) is 0 Å². The fourth-order valence-corrected chi connectivity index (χ4v) is 8.12. The highest BCUT2D eigenvalue weighted by molar-refractivity contribution is 6.24. The van der Waals surface area contributed by atoms with Crippen molar-refractivity contribution < 1.29 is 0 Å². The normalized spacial score (nSPS) is 11.7. The van der Waals surface area contributed by atoms with Crippen molar-refractivity contribution in [1.82, 2.24) is 24.1 Å². The first kappa shape index (κ1) is 30.3. The van der Waals surface area contributed by atoms with Gasteiger partial charge in [-0.25, -0.2) is 15.0 Å². The van der Waals surface area contributed by atoms with Crippen LogP contribution in [0.1, 0.15) is 0 Å². The van der Waals surface area contributed by atoms with Crippen LogP contribution in [-0.4, -0.2) is 24.1 Å². The first-order chi connectivity index (χ1) is 26.8. The molecule has 0 N–H and O–H groups in total. The molecule has 0 saturated heterocycles. The monoisotopic (exact) mass is 689 g/mol. The average Bonchev–Trinajstić information content (AvgIpc) is 3.77. The van der Waals surface area contributed by atoms with E-state index in [1.165, 1.54) is 48.9 Å². The molecule has 8 aromatic carbocycles. The van der Waals surface area contributed by atoms with E-state index in [4.69, 9.17) is 15.0 Å². The number of para-hydroxylation sites is 2. The van der Waals surface area contributed by atoms with Crippen LogP contribution in [0.4, 0.5) is 0 Å². The maximum atomic E-state index is 4.99. The Hall–Kier alpha value is -7.37. The van der Waals surface area contributed by atoms with Gasteiger partial charge in [0.05, 0.1) is 27.8 Å². The van der Waals surface area contributed by atoms with E-state index in [-0.39, 0.29) is 0 Å². The lowest BCUT2D eigenvalue weighted by molar-refractivity contribution is 1.07. The summed E-state index contributed by atoms with van der Waals surface area (Å²) in [5.74, 6) is 1.93. The second-order valence-corrected chi connectivity index (χ2v) is 13.6. The minimum atomic E-state index is 0.634. The van der Waals surface area contributed by atoms with Crippen molar-refractivity contribution >= 4 is 54.4 Å². The van der Waals surface area contributed by atoms with Crippen LogP contribution in [0.2, 0.25) is 0 Å². The zero-order valence-corrected chi connectivity index (χ0v) is 29.1. The molecule has 0 unspecified atom stereocenters. The van der Waals surface area contributed by atoms with Gasteiger partial charge in [0.15, 0.2) is 17.5 Å². The Bertz CT molecular complexity index is 3130. The summed E-state index contributed by atoms with van der Waals surface area (Å²) in [7, 11) is 0. The highest BCUT2D eigenvalue weighted by Gasteiger charge is 2.22. The molecule has 5 heteroatoms. The molecule has 252 valence electrons. The molecule has 0 radical (unpaired) electrons. The summed E-state index contributed by atoms with van der Waals surface area (Å²) in [6.45, 7) is 0.